The molecule has 1 rings (SSSR count). The van der Waals surface area contributed by atoms with Crippen LogP contribution >= 0.6 is 0 Å². The van der Waals surface area contributed by atoms with Gasteiger partial charge in [0.25, 0.3) is 0 Å². The fraction of sp³-hybridized carbons (Fsp3) is 0.273. The lowest BCUT2D eigenvalue weighted by Gasteiger charge is -2.18. The maximum atomic E-state index is 5.11. The van der Waals surface area contributed by atoms with E-state index in [1.807, 2.05) is 37.3 Å². The first-order valence-corrected chi connectivity index (χ1v) is 4.32. The molecular weight excluding hydrogens is 162 g/mol. The molecule has 0 radical (unpaired) electrons. The van der Waals surface area contributed by atoms with E-state index in [0.717, 1.165) is 12.0 Å². The first-order valence-electron chi connectivity index (χ1n) is 4.32. The molecule has 0 saturated heterocycles. The van der Waals surface area contributed by atoms with E-state index in [9.17, 15) is 0 Å². The van der Waals surface area contributed by atoms with E-state index in [1.165, 1.54) is 5.57 Å². The molecule has 0 aromatic heterocycles. The molecular formula is C11H15NO. The lowest BCUT2D eigenvalue weighted by Crippen LogP contribution is -2.18. The van der Waals surface area contributed by atoms with Crippen LogP contribution < -0.4 is 5.90 Å². The van der Waals surface area contributed by atoms with E-state index in [-0.39, 0.29) is 6.10 Å². The molecule has 1 unspecified atom stereocenters. The van der Waals surface area contributed by atoms with E-state index in [4.69, 9.17) is 10.7 Å². The summed E-state index contributed by atoms with van der Waals surface area (Å²) >= 11 is 0. The van der Waals surface area contributed by atoms with E-state index in [0.29, 0.717) is 0 Å². The third-order valence-corrected chi connectivity index (χ3v) is 2.01. The SMILES string of the molecule is C=C1C=CC(ON)C/C1=C/C=C\C. The first kappa shape index (κ1) is 9.96. The molecule has 0 aliphatic heterocycles. The lowest BCUT2D eigenvalue weighted by molar-refractivity contribution is 0.0860. The average Bonchev–Trinajstić information content (AvgIpc) is 2.17. The zero-order valence-corrected chi connectivity index (χ0v) is 7.86. The van der Waals surface area contributed by atoms with E-state index in [2.05, 4.69) is 6.58 Å². The van der Waals surface area contributed by atoms with Gasteiger partial charge in [-0.3, -0.25) is 4.84 Å². The molecule has 2 nitrogen and oxygen atoms in total. The van der Waals surface area contributed by atoms with Crippen molar-refractivity contribution in [2.24, 2.45) is 5.90 Å². The topological polar surface area (TPSA) is 35.2 Å². The minimum absolute atomic E-state index is 0.0120. The predicted octanol–water partition coefficient (Wildman–Crippen LogP) is 2.26. The zero-order valence-electron chi connectivity index (χ0n) is 7.86. The Labute approximate surface area is 79.0 Å². The fourth-order valence-corrected chi connectivity index (χ4v) is 1.23. The molecule has 0 heterocycles. The average molecular weight is 177 g/mol. The zero-order chi connectivity index (χ0) is 9.68. The maximum absolute atomic E-state index is 5.11. The molecule has 70 valence electrons. The Morgan fingerprint density at radius 3 is 3.08 bits per heavy atom. The summed E-state index contributed by atoms with van der Waals surface area (Å²) in [6.45, 7) is 5.91. The van der Waals surface area contributed by atoms with Crippen LogP contribution in [0.15, 0.2) is 48.1 Å². The van der Waals surface area contributed by atoms with E-state index < -0.39 is 0 Å². The number of nitrogens with two attached hydrogens (primary N) is 1. The molecule has 1 aliphatic rings. The van der Waals surface area contributed by atoms with Gasteiger partial charge in [0.2, 0.25) is 0 Å². The van der Waals surface area contributed by atoms with Crippen LogP contribution in [0.25, 0.3) is 0 Å². The molecule has 1 aliphatic carbocycles. The smallest absolute Gasteiger partial charge is 0.101 e. The van der Waals surface area contributed by atoms with Gasteiger partial charge < -0.3 is 0 Å². The molecule has 2 N–H and O–H groups in total. The number of rotatable bonds is 2. The monoisotopic (exact) mass is 177 g/mol. The van der Waals surface area contributed by atoms with Crippen LogP contribution in [0.2, 0.25) is 0 Å². The van der Waals surface area contributed by atoms with Crippen LogP contribution in [0.3, 0.4) is 0 Å². The standard InChI is InChI=1S/C11H15NO/c1-3-4-5-10-8-11(13-12)7-6-9(10)2/h3-7,11H,2,8,12H2,1H3/b4-3-,10-5-. The van der Waals surface area contributed by atoms with Crippen molar-refractivity contribution in [3.05, 3.63) is 48.1 Å². The highest BCUT2D eigenvalue weighted by Crippen LogP contribution is 2.23. The van der Waals surface area contributed by atoms with Gasteiger partial charge in [-0.2, -0.15) is 0 Å². The van der Waals surface area contributed by atoms with Gasteiger partial charge in [-0.15, -0.1) is 0 Å². The minimum Gasteiger partial charge on any atom is -0.297 e. The van der Waals surface area contributed by atoms with Crippen LogP contribution in [0.4, 0.5) is 0 Å². The Hall–Kier alpha value is -1.12. The normalized spacial score (nSPS) is 26.2. The van der Waals surface area contributed by atoms with Gasteiger partial charge in [-0.05, 0) is 18.1 Å². The second-order valence-corrected chi connectivity index (χ2v) is 2.98. The van der Waals surface area contributed by atoms with Crippen LogP contribution in [0.5, 0.6) is 0 Å². The second-order valence-electron chi connectivity index (χ2n) is 2.98. The summed E-state index contributed by atoms with van der Waals surface area (Å²) in [4.78, 5) is 4.76. The molecule has 0 spiro atoms. The second kappa shape index (κ2) is 4.80. The molecule has 0 aromatic rings. The third-order valence-electron chi connectivity index (χ3n) is 2.01. The Kier molecular flexibility index (Phi) is 3.68. The van der Waals surface area contributed by atoms with Crippen molar-refractivity contribution >= 4 is 0 Å². The van der Waals surface area contributed by atoms with Crippen LogP contribution in [-0.4, -0.2) is 6.10 Å². The molecule has 0 fully saturated rings. The number of allylic oxidation sites excluding steroid dienone is 5. The maximum Gasteiger partial charge on any atom is 0.101 e. The van der Waals surface area contributed by atoms with Gasteiger partial charge in [0.1, 0.15) is 6.10 Å². The highest BCUT2D eigenvalue weighted by molar-refractivity contribution is 5.43. The quantitative estimate of drug-likeness (QED) is 0.657. The Balaban J connectivity index is 2.76. The van der Waals surface area contributed by atoms with Gasteiger partial charge >= 0.3 is 0 Å². The summed E-state index contributed by atoms with van der Waals surface area (Å²) < 4.78 is 0. The summed E-state index contributed by atoms with van der Waals surface area (Å²) in [5.41, 5.74) is 2.21. The Morgan fingerprint density at radius 1 is 1.69 bits per heavy atom. The Bertz CT molecular complexity index is 274. The summed E-state index contributed by atoms with van der Waals surface area (Å²) in [5.74, 6) is 5.11. The van der Waals surface area contributed by atoms with Crippen molar-refractivity contribution in [1.29, 1.82) is 0 Å². The van der Waals surface area contributed by atoms with Crippen molar-refractivity contribution in [2.45, 2.75) is 19.4 Å². The largest absolute Gasteiger partial charge is 0.297 e. The number of hydrogen-bond donors (Lipinski definition) is 1. The van der Waals surface area contributed by atoms with Crippen molar-refractivity contribution in [3.63, 3.8) is 0 Å². The van der Waals surface area contributed by atoms with Gasteiger partial charge in [0.05, 0.1) is 0 Å². The summed E-state index contributed by atoms with van der Waals surface area (Å²) in [6, 6.07) is 0. The molecule has 1 atom stereocenters. The van der Waals surface area contributed by atoms with Crippen LogP contribution in [0.1, 0.15) is 13.3 Å². The minimum atomic E-state index is -0.0120. The summed E-state index contributed by atoms with van der Waals surface area (Å²) in [5, 5.41) is 0. The summed E-state index contributed by atoms with van der Waals surface area (Å²) in [7, 11) is 0. The fourth-order valence-electron chi connectivity index (χ4n) is 1.23. The molecule has 0 saturated carbocycles. The molecule has 0 bridgehead atoms. The molecule has 2 heteroatoms. The third kappa shape index (κ3) is 2.68. The van der Waals surface area contributed by atoms with Crippen LogP contribution in [-0.2, 0) is 4.84 Å². The first-order chi connectivity index (χ1) is 6.27. The van der Waals surface area contributed by atoms with Crippen molar-refractivity contribution in [1.82, 2.24) is 0 Å². The van der Waals surface area contributed by atoms with Crippen LogP contribution in [0, 0.1) is 0 Å². The molecule has 0 aromatic carbocycles. The van der Waals surface area contributed by atoms with E-state index in [1.54, 1.807) is 0 Å². The lowest BCUT2D eigenvalue weighted by atomic mass is 9.94. The summed E-state index contributed by atoms with van der Waals surface area (Å²) in [6.07, 6.45) is 10.7. The van der Waals surface area contributed by atoms with Crippen molar-refractivity contribution in [2.75, 3.05) is 0 Å². The van der Waals surface area contributed by atoms with Gasteiger partial charge in [0, 0.05) is 6.42 Å². The van der Waals surface area contributed by atoms with Crippen molar-refractivity contribution < 1.29 is 4.84 Å². The molecule has 13 heavy (non-hydrogen) atoms. The van der Waals surface area contributed by atoms with Gasteiger partial charge in [-0.1, -0.05) is 37.0 Å². The Morgan fingerprint density at radius 2 is 2.46 bits per heavy atom. The predicted molar refractivity (Wildman–Crippen MR) is 54.9 cm³/mol. The van der Waals surface area contributed by atoms with E-state index >= 15 is 0 Å². The molecule has 0 amide bonds. The highest BCUT2D eigenvalue weighted by Gasteiger charge is 2.13. The van der Waals surface area contributed by atoms with Gasteiger partial charge in [-0.25, -0.2) is 5.90 Å². The highest BCUT2D eigenvalue weighted by atomic mass is 16.6. The van der Waals surface area contributed by atoms with Crippen molar-refractivity contribution in [3.8, 4) is 0 Å². The number of hydrogen-bond acceptors (Lipinski definition) is 2. The van der Waals surface area contributed by atoms with Gasteiger partial charge in [0.15, 0.2) is 0 Å².